The average molecular weight is 188 g/mol. The lowest BCUT2D eigenvalue weighted by atomic mass is 10.1. The fourth-order valence-corrected chi connectivity index (χ4v) is 1.93. The Balaban J connectivity index is 0.000000853. The third-order valence-electron chi connectivity index (χ3n) is 3.30. The van der Waals surface area contributed by atoms with Gasteiger partial charge in [-0.25, -0.2) is 0 Å². The SMILES string of the molecule is CC1(c2cc3cc(N)ccc3[nH]2)CC1.[HH]. The van der Waals surface area contributed by atoms with Gasteiger partial charge in [-0.2, -0.15) is 0 Å². The van der Waals surface area contributed by atoms with Crippen LogP contribution in [0.15, 0.2) is 24.3 Å². The van der Waals surface area contributed by atoms with Crippen molar-refractivity contribution in [2.24, 2.45) is 0 Å². The van der Waals surface area contributed by atoms with Gasteiger partial charge in [-0.15, -0.1) is 0 Å². The number of aromatic nitrogens is 1. The van der Waals surface area contributed by atoms with E-state index in [9.17, 15) is 0 Å². The third kappa shape index (κ3) is 1.03. The Bertz CT molecular complexity index is 497. The molecule has 2 nitrogen and oxygen atoms in total. The Morgan fingerprint density at radius 3 is 2.86 bits per heavy atom. The standard InChI is InChI=1S/C12H14N2.H2/c1-12(4-5-12)11-7-8-6-9(13)2-3-10(8)14-11;/h2-3,6-7,14H,4-5,13H2,1H3;1H. The molecule has 0 aliphatic heterocycles. The first kappa shape index (κ1) is 7.92. The predicted octanol–water partition coefficient (Wildman–Crippen LogP) is 3.05. The molecule has 2 heteroatoms. The summed E-state index contributed by atoms with van der Waals surface area (Å²) in [5.41, 5.74) is 9.55. The average Bonchev–Trinajstić information content (AvgIpc) is 2.77. The van der Waals surface area contributed by atoms with Gasteiger partial charge in [0, 0.05) is 29.1 Å². The van der Waals surface area contributed by atoms with E-state index in [4.69, 9.17) is 5.73 Å². The van der Waals surface area contributed by atoms with Crippen LogP contribution in [0.3, 0.4) is 0 Å². The molecule has 3 N–H and O–H groups in total. The van der Waals surface area contributed by atoms with Crippen LogP contribution in [0.5, 0.6) is 0 Å². The fraction of sp³-hybridized carbons (Fsp3) is 0.333. The van der Waals surface area contributed by atoms with Gasteiger partial charge in [-0.1, -0.05) is 6.92 Å². The van der Waals surface area contributed by atoms with E-state index in [2.05, 4.69) is 24.0 Å². The minimum atomic E-state index is 0. The van der Waals surface area contributed by atoms with Crippen molar-refractivity contribution in [3.8, 4) is 0 Å². The maximum atomic E-state index is 5.74. The van der Waals surface area contributed by atoms with Gasteiger partial charge in [0.25, 0.3) is 0 Å². The lowest BCUT2D eigenvalue weighted by Crippen LogP contribution is -1.98. The van der Waals surface area contributed by atoms with E-state index in [0.29, 0.717) is 5.41 Å². The molecule has 0 bridgehead atoms. The fourth-order valence-electron chi connectivity index (χ4n) is 1.93. The number of aromatic amines is 1. The van der Waals surface area contributed by atoms with E-state index in [1.807, 2.05) is 12.1 Å². The minimum Gasteiger partial charge on any atom is -0.399 e. The molecule has 1 aromatic carbocycles. The molecule has 2 aromatic rings. The first-order valence-electron chi connectivity index (χ1n) is 5.06. The van der Waals surface area contributed by atoms with Crippen LogP contribution in [0.1, 0.15) is 26.9 Å². The molecule has 1 aromatic heterocycles. The molecule has 3 rings (SSSR count). The van der Waals surface area contributed by atoms with Crippen molar-refractivity contribution >= 4 is 16.6 Å². The molecule has 0 unspecified atom stereocenters. The maximum absolute atomic E-state index is 5.74. The number of benzene rings is 1. The van der Waals surface area contributed by atoms with E-state index in [1.54, 1.807) is 0 Å². The molecule has 1 fully saturated rings. The highest BCUT2D eigenvalue weighted by molar-refractivity contribution is 5.84. The van der Waals surface area contributed by atoms with Crippen LogP contribution in [0.4, 0.5) is 5.69 Å². The number of nitrogens with one attached hydrogen (secondary N) is 1. The van der Waals surface area contributed by atoms with E-state index in [1.165, 1.54) is 29.4 Å². The molecule has 14 heavy (non-hydrogen) atoms. The van der Waals surface area contributed by atoms with Gasteiger partial charge >= 0.3 is 0 Å². The van der Waals surface area contributed by atoms with Crippen molar-refractivity contribution in [1.82, 2.24) is 4.98 Å². The van der Waals surface area contributed by atoms with E-state index >= 15 is 0 Å². The van der Waals surface area contributed by atoms with Crippen LogP contribution in [0, 0.1) is 0 Å². The van der Waals surface area contributed by atoms with Crippen molar-refractivity contribution in [3.05, 3.63) is 30.0 Å². The van der Waals surface area contributed by atoms with Gasteiger partial charge in [-0.3, -0.25) is 0 Å². The number of nitrogens with two attached hydrogens (primary N) is 1. The summed E-state index contributed by atoms with van der Waals surface area (Å²) in [6.45, 7) is 2.31. The minimum absolute atomic E-state index is 0. The van der Waals surface area contributed by atoms with Crippen LogP contribution < -0.4 is 5.73 Å². The second-order valence-electron chi connectivity index (χ2n) is 4.59. The molecule has 1 saturated carbocycles. The van der Waals surface area contributed by atoms with Crippen LogP contribution in [-0.4, -0.2) is 4.98 Å². The number of nitrogen functional groups attached to an aromatic ring is 1. The summed E-state index contributed by atoms with van der Waals surface area (Å²) in [6, 6.07) is 8.26. The second-order valence-corrected chi connectivity index (χ2v) is 4.59. The molecule has 0 atom stereocenters. The van der Waals surface area contributed by atoms with E-state index in [0.717, 1.165) is 5.69 Å². The Hall–Kier alpha value is -1.44. The van der Waals surface area contributed by atoms with Gasteiger partial charge in [0.15, 0.2) is 0 Å². The molecule has 1 aliphatic carbocycles. The first-order chi connectivity index (χ1) is 6.67. The van der Waals surface area contributed by atoms with E-state index in [-0.39, 0.29) is 1.43 Å². The molecular formula is C12H16N2. The molecule has 0 saturated heterocycles. The quantitative estimate of drug-likeness (QED) is 0.663. The summed E-state index contributed by atoms with van der Waals surface area (Å²) < 4.78 is 0. The molecule has 74 valence electrons. The van der Waals surface area contributed by atoms with Gasteiger partial charge in [0.1, 0.15) is 0 Å². The smallest absolute Gasteiger partial charge is 0.0457 e. The Kier molecular flexibility index (Phi) is 1.31. The van der Waals surface area contributed by atoms with Crippen molar-refractivity contribution in [3.63, 3.8) is 0 Å². The third-order valence-corrected chi connectivity index (χ3v) is 3.30. The topological polar surface area (TPSA) is 41.8 Å². The van der Waals surface area contributed by atoms with Crippen molar-refractivity contribution < 1.29 is 1.43 Å². The monoisotopic (exact) mass is 188 g/mol. The molecule has 0 radical (unpaired) electrons. The molecule has 0 spiro atoms. The summed E-state index contributed by atoms with van der Waals surface area (Å²) in [6.07, 6.45) is 2.60. The first-order valence-corrected chi connectivity index (χ1v) is 5.06. The van der Waals surface area contributed by atoms with Gasteiger partial charge in [0.05, 0.1) is 0 Å². The largest absolute Gasteiger partial charge is 0.399 e. The second kappa shape index (κ2) is 2.32. The normalized spacial score (nSPS) is 18.6. The predicted molar refractivity (Wildman–Crippen MR) is 61.4 cm³/mol. The van der Waals surface area contributed by atoms with Gasteiger partial charge in [-0.05, 0) is 37.1 Å². The maximum Gasteiger partial charge on any atom is 0.0457 e. The summed E-state index contributed by atoms with van der Waals surface area (Å²) in [4.78, 5) is 3.47. The number of fused-ring (bicyclic) bond motifs is 1. The van der Waals surface area contributed by atoms with Crippen molar-refractivity contribution in [1.29, 1.82) is 0 Å². The van der Waals surface area contributed by atoms with Gasteiger partial charge in [0.2, 0.25) is 0 Å². The van der Waals surface area contributed by atoms with E-state index < -0.39 is 0 Å². The zero-order valence-electron chi connectivity index (χ0n) is 8.30. The lowest BCUT2D eigenvalue weighted by Gasteiger charge is -2.02. The number of hydrogen-bond acceptors (Lipinski definition) is 1. The number of rotatable bonds is 1. The van der Waals surface area contributed by atoms with Crippen LogP contribution in [0.2, 0.25) is 0 Å². The van der Waals surface area contributed by atoms with Crippen molar-refractivity contribution in [2.75, 3.05) is 5.73 Å². The van der Waals surface area contributed by atoms with Crippen LogP contribution in [0.25, 0.3) is 10.9 Å². The zero-order valence-corrected chi connectivity index (χ0v) is 8.30. The Labute approximate surface area is 84.6 Å². The highest BCUT2D eigenvalue weighted by atomic mass is 14.8. The lowest BCUT2D eigenvalue weighted by molar-refractivity contribution is 0.761. The number of H-pyrrole nitrogens is 1. The molecule has 1 heterocycles. The highest BCUT2D eigenvalue weighted by Crippen LogP contribution is 2.47. The highest BCUT2D eigenvalue weighted by Gasteiger charge is 2.40. The molecule has 0 amide bonds. The van der Waals surface area contributed by atoms with Crippen LogP contribution in [-0.2, 0) is 5.41 Å². The zero-order chi connectivity index (χ0) is 9.76. The van der Waals surface area contributed by atoms with Crippen molar-refractivity contribution in [2.45, 2.75) is 25.2 Å². The van der Waals surface area contributed by atoms with Gasteiger partial charge < -0.3 is 10.7 Å². The summed E-state index contributed by atoms with van der Waals surface area (Å²) >= 11 is 0. The van der Waals surface area contributed by atoms with Crippen LogP contribution >= 0.6 is 0 Å². The number of hydrogen-bond donors (Lipinski definition) is 2. The number of anilines is 1. The Morgan fingerprint density at radius 2 is 2.14 bits per heavy atom. The molecular weight excluding hydrogens is 172 g/mol. The summed E-state index contributed by atoms with van der Waals surface area (Å²) in [5.74, 6) is 0. The summed E-state index contributed by atoms with van der Waals surface area (Å²) in [5, 5.41) is 1.23. The molecule has 1 aliphatic rings. The Morgan fingerprint density at radius 1 is 1.36 bits per heavy atom. The summed E-state index contributed by atoms with van der Waals surface area (Å²) in [7, 11) is 0.